The van der Waals surface area contributed by atoms with Gasteiger partial charge in [-0.15, -0.1) is 0 Å². The van der Waals surface area contributed by atoms with Crippen molar-refractivity contribution in [2.45, 2.75) is 11.6 Å². The molecule has 0 fully saturated rings. The third-order valence-corrected chi connectivity index (χ3v) is 1.91. The van der Waals surface area contributed by atoms with Crippen molar-refractivity contribution in [3.63, 3.8) is 0 Å². The molecule has 1 aromatic heterocycles. The second-order valence-corrected chi connectivity index (χ2v) is 2.78. The fourth-order valence-electron chi connectivity index (χ4n) is 0.743. The molecule has 46 valence electrons. The van der Waals surface area contributed by atoms with E-state index in [1.54, 1.807) is 11.8 Å². The van der Waals surface area contributed by atoms with Crippen LogP contribution in [0.5, 0.6) is 0 Å². The van der Waals surface area contributed by atoms with E-state index in [0.717, 1.165) is 11.6 Å². The summed E-state index contributed by atoms with van der Waals surface area (Å²) in [7, 11) is 0. The molecule has 0 atom stereocenters. The molecular weight excluding hydrogens is 132 g/mol. The average Bonchev–Trinajstić information content (AvgIpc) is 2.64. The zero-order chi connectivity index (χ0) is 6.27. The highest BCUT2D eigenvalue weighted by molar-refractivity contribution is 7.98. The zero-order valence-corrected chi connectivity index (χ0v) is 5.90. The van der Waals surface area contributed by atoms with Gasteiger partial charge in [0.25, 0.3) is 0 Å². The lowest BCUT2D eigenvalue weighted by Gasteiger charge is -1.86. The molecule has 1 aliphatic carbocycles. The fraction of sp³-hybridized carbons (Fsp3) is 0.333. The largest absolute Gasteiger partial charge is 0.231 e. The second-order valence-electron chi connectivity index (χ2n) is 2.01. The van der Waals surface area contributed by atoms with Crippen LogP contribution in [0.2, 0.25) is 0 Å². The number of rotatable bonds is 1. The summed E-state index contributed by atoms with van der Waals surface area (Å²) >= 11 is 1.59. The molecule has 9 heavy (non-hydrogen) atoms. The van der Waals surface area contributed by atoms with Crippen LogP contribution in [0, 0.1) is 0 Å². The first-order valence-electron chi connectivity index (χ1n) is 2.79. The lowest BCUT2D eigenvalue weighted by atomic mass is 10.6. The molecule has 0 bridgehead atoms. The van der Waals surface area contributed by atoms with Crippen LogP contribution in [0.3, 0.4) is 0 Å². The highest BCUT2D eigenvalue weighted by atomic mass is 32.2. The van der Waals surface area contributed by atoms with Gasteiger partial charge in [-0.05, 0) is 11.8 Å². The molecule has 0 N–H and O–H groups in total. The lowest BCUT2D eigenvalue weighted by molar-refractivity contribution is 0.976. The molecule has 0 saturated heterocycles. The molecule has 3 heteroatoms. The first kappa shape index (κ1) is 5.23. The molecule has 1 aliphatic rings. The minimum absolute atomic E-state index is 0.895. The summed E-state index contributed by atoms with van der Waals surface area (Å²) < 4.78 is 0. The van der Waals surface area contributed by atoms with Crippen molar-refractivity contribution in [2.24, 2.45) is 0 Å². The van der Waals surface area contributed by atoms with E-state index in [-0.39, 0.29) is 0 Å². The Kier molecular flexibility index (Phi) is 0.990. The van der Waals surface area contributed by atoms with Crippen molar-refractivity contribution in [1.82, 2.24) is 9.97 Å². The number of thioether (sulfide) groups is 1. The van der Waals surface area contributed by atoms with E-state index < -0.39 is 0 Å². The first-order chi connectivity index (χ1) is 4.40. The molecule has 1 aromatic rings. The first-order valence-corrected chi connectivity index (χ1v) is 4.01. The van der Waals surface area contributed by atoms with Gasteiger partial charge in [0.15, 0.2) is 5.16 Å². The van der Waals surface area contributed by atoms with E-state index in [4.69, 9.17) is 0 Å². The van der Waals surface area contributed by atoms with Crippen molar-refractivity contribution in [2.75, 3.05) is 6.26 Å². The van der Waals surface area contributed by atoms with Crippen LogP contribution >= 0.6 is 11.8 Å². The lowest BCUT2D eigenvalue weighted by Crippen LogP contribution is -1.79. The molecule has 2 nitrogen and oxygen atoms in total. The molecule has 1 heterocycles. The predicted octanol–water partition coefficient (Wildman–Crippen LogP) is 1.10. The number of fused-ring (bicyclic) bond motifs is 1. The standard InChI is InChI=1S/C6H6N2S/c1-9-6-7-3-4-2-5(4)8-6/h3H,2H2,1H3. The second kappa shape index (κ2) is 1.70. The summed E-state index contributed by atoms with van der Waals surface area (Å²) in [5.41, 5.74) is 2.54. The molecule has 0 unspecified atom stereocenters. The molecule has 2 rings (SSSR count). The smallest absolute Gasteiger partial charge is 0.187 e. The number of nitrogens with zero attached hydrogens (tertiary/aromatic N) is 2. The highest BCUT2D eigenvalue weighted by Gasteiger charge is 2.18. The van der Waals surface area contributed by atoms with E-state index >= 15 is 0 Å². The monoisotopic (exact) mass is 138 g/mol. The van der Waals surface area contributed by atoms with Crippen LogP contribution in [0.4, 0.5) is 0 Å². The Bertz CT molecular complexity index is 247. The Balaban J connectivity index is 2.44. The summed E-state index contributed by atoms with van der Waals surface area (Å²) in [5.74, 6) is 0. The third-order valence-electron chi connectivity index (χ3n) is 1.35. The SMILES string of the molecule is CSc1ncc2c(n1)C2. The van der Waals surface area contributed by atoms with E-state index in [0.29, 0.717) is 0 Å². The van der Waals surface area contributed by atoms with Crippen LogP contribution in [0.15, 0.2) is 11.4 Å². The summed E-state index contributed by atoms with van der Waals surface area (Å²) in [6.45, 7) is 0. The minimum Gasteiger partial charge on any atom is -0.231 e. The highest BCUT2D eigenvalue weighted by Crippen LogP contribution is 2.25. The molecule has 0 spiro atoms. The zero-order valence-electron chi connectivity index (χ0n) is 5.09. The third kappa shape index (κ3) is 0.812. The van der Waals surface area contributed by atoms with Gasteiger partial charge in [-0.1, -0.05) is 11.8 Å². The van der Waals surface area contributed by atoms with Crippen LogP contribution in [0.1, 0.15) is 11.3 Å². The average molecular weight is 138 g/mol. The Morgan fingerprint density at radius 1 is 1.67 bits per heavy atom. The van der Waals surface area contributed by atoms with E-state index in [2.05, 4.69) is 9.97 Å². The molecule has 0 amide bonds. The Morgan fingerprint density at radius 2 is 2.56 bits per heavy atom. The predicted molar refractivity (Wildman–Crippen MR) is 36.6 cm³/mol. The Morgan fingerprint density at radius 3 is 3.22 bits per heavy atom. The molecule has 0 radical (unpaired) electrons. The van der Waals surface area contributed by atoms with Gasteiger partial charge in [0.05, 0.1) is 5.69 Å². The van der Waals surface area contributed by atoms with E-state index in [1.165, 1.54) is 11.3 Å². The van der Waals surface area contributed by atoms with Crippen molar-refractivity contribution in [3.05, 3.63) is 17.5 Å². The molecular formula is C6H6N2S. The van der Waals surface area contributed by atoms with E-state index in [9.17, 15) is 0 Å². The topological polar surface area (TPSA) is 25.8 Å². The maximum absolute atomic E-state index is 4.24. The quantitative estimate of drug-likeness (QED) is 0.436. The van der Waals surface area contributed by atoms with E-state index in [1.807, 2.05) is 12.5 Å². The Hall–Kier alpha value is -0.570. The van der Waals surface area contributed by atoms with Gasteiger partial charge in [0.2, 0.25) is 0 Å². The van der Waals surface area contributed by atoms with Gasteiger partial charge in [0, 0.05) is 12.6 Å². The van der Waals surface area contributed by atoms with Crippen molar-refractivity contribution < 1.29 is 0 Å². The summed E-state index contributed by atoms with van der Waals surface area (Å²) in [6, 6.07) is 0. The van der Waals surface area contributed by atoms with Gasteiger partial charge >= 0.3 is 0 Å². The summed E-state index contributed by atoms with van der Waals surface area (Å²) in [4.78, 5) is 8.34. The Labute approximate surface area is 57.7 Å². The molecule has 0 saturated carbocycles. The van der Waals surface area contributed by atoms with Crippen molar-refractivity contribution in [3.8, 4) is 0 Å². The maximum Gasteiger partial charge on any atom is 0.187 e. The number of hydrogen-bond donors (Lipinski definition) is 0. The van der Waals surface area contributed by atoms with Gasteiger partial charge in [0.1, 0.15) is 0 Å². The van der Waals surface area contributed by atoms with Crippen LogP contribution < -0.4 is 0 Å². The molecule has 0 aromatic carbocycles. The fourth-order valence-corrected chi connectivity index (χ4v) is 1.10. The number of aromatic nitrogens is 2. The minimum atomic E-state index is 0.895. The van der Waals surface area contributed by atoms with Crippen LogP contribution in [0.25, 0.3) is 0 Å². The van der Waals surface area contributed by atoms with Crippen LogP contribution in [-0.4, -0.2) is 16.2 Å². The normalized spacial score (nSPS) is 13.0. The van der Waals surface area contributed by atoms with Crippen LogP contribution in [-0.2, 0) is 6.42 Å². The number of hydrogen-bond acceptors (Lipinski definition) is 3. The molecule has 0 aliphatic heterocycles. The van der Waals surface area contributed by atoms with Gasteiger partial charge < -0.3 is 0 Å². The van der Waals surface area contributed by atoms with Crippen molar-refractivity contribution >= 4 is 11.8 Å². The summed E-state index contributed by atoms with van der Waals surface area (Å²) in [6.07, 6.45) is 4.96. The summed E-state index contributed by atoms with van der Waals surface area (Å²) in [5, 5.41) is 0.895. The van der Waals surface area contributed by atoms with Crippen molar-refractivity contribution in [1.29, 1.82) is 0 Å². The van der Waals surface area contributed by atoms with Gasteiger partial charge in [-0.2, -0.15) is 0 Å². The van der Waals surface area contributed by atoms with Gasteiger partial charge in [-0.25, -0.2) is 9.97 Å². The van der Waals surface area contributed by atoms with Gasteiger partial charge in [-0.3, -0.25) is 0 Å². The maximum atomic E-state index is 4.24.